The van der Waals surface area contributed by atoms with Gasteiger partial charge in [-0.05, 0) is 32.8 Å². The Hall–Kier alpha value is -1.91. The summed E-state index contributed by atoms with van der Waals surface area (Å²) >= 11 is 0. The van der Waals surface area contributed by atoms with Crippen molar-refractivity contribution in [2.75, 3.05) is 12.9 Å². The van der Waals surface area contributed by atoms with E-state index >= 15 is 0 Å². The second kappa shape index (κ2) is 9.93. The molecule has 1 aliphatic rings. The van der Waals surface area contributed by atoms with Crippen LogP contribution in [0.2, 0.25) is 0 Å². The number of hydrogen-bond donors (Lipinski definition) is 0. The number of rotatable bonds is 9. The van der Waals surface area contributed by atoms with Crippen LogP contribution in [-0.4, -0.2) is 69.8 Å². The molecule has 0 bridgehead atoms. The van der Waals surface area contributed by atoms with Crippen molar-refractivity contribution < 1.29 is 31.7 Å². The largest absolute Gasteiger partial charge is 0.466 e. The number of amides is 1. The van der Waals surface area contributed by atoms with Crippen LogP contribution in [0.15, 0.2) is 30.3 Å². The lowest BCUT2D eigenvalue weighted by Gasteiger charge is -2.33. The summed E-state index contributed by atoms with van der Waals surface area (Å²) in [5.41, 5.74) is -0.0405. The Kier molecular flexibility index (Phi) is 8.07. The first-order valence-corrected chi connectivity index (χ1v) is 11.6. The molecule has 0 saturated carbocycles. The van der Waals surface area contributed by atoms with Gasteiger partial charge in [-0.15, -0.1) is 0 Å². The minimum atomic E-state index is -3.83. The number of esters is 1. The Morgan fingerprint density at radius 3 is 2.43 bits per heavy atom. The normalized spacial score (nSPS) is 21.9. The Morgan fingerprint density at radius 1 is 1.27 bits per heavy atom. The molecule has 1 fully saturated rings. The quantitative estimate of drug-likeness (QED) is 0.331. The van der Waals surface area contributed by atoms with Gasteiger partial charge >= 0.3 is 5.97 Å². The first-order valence-electron chi connectivity index (χ1n) is 9.77. The molecule has 2 rings (SSSR count). The number of hydrogen-bond acceptors (Lipinski definition) is 7. The SMILES string of the molecule is [B]C(=O)N1[C@@H](Cc2ccccc2)[C@@H](CC(CC(=O)OCC)OS(C)(=O)=O)OC1(C)C. The van der Waals surface area contributed by atoms with E-state index in [2.05, 4.69) is 0 Å². The van der Waals surface area contributed by atoms with Gasteiger partial charge in [-0.3, -0.25) is 13.8 Å². The van der Waals surface area contributed by atoms with Gasteiger partial charge in [0.05, 0.1) is 37.5 Å². The highest BCUT2D eigenvalue weighted by atomic mass is 32.2. The van der Waals surface area contributed by atoms with E-state index < -0.39 is 45.9 Å². The summed E-state index contributed by atoms with van der Waals surface area (Å²) in [6.45, 7) is 5.26. The number of carbonyl (C=O) groups is 2. The summed E-state index contributed by atoms with van der Waals surface area (Å²) in [5.74, 6) is -1.22. The fourth-order valence-electron chi connectivity index (χ4n) is 3.85. The predicted molar refractivity (Wildman–Crippen MR) is 111 cm³/mol. The Balaban J connectivity index is 2.30. The van der Waals surface area contributed by atoms with Crippen LogP contribution in [0.1, 0.15) is 39.2 Å². The molecule has 8 nitrogen and oxygen atoms in total. The third-order valence-corrected chi connectivity index (χ3v) is 5.43. The second-order valence-corrected chi connectivity index (χ2v) is 9.34. The van der Waals surface area contributed by atoms with Gasteiger partial charge in [0.15, 0.2) is 5.81 Å². The first kappa shape index (κ1) is 24.4. The van der Waals surface area contributed by atoms with Crippen molar-refractivity contribution in [2.45, 2.75) is 64.0 Å². The Labute approximate surface area is 179 Å². The van der Waals surface area contributed by atoms with Crippen molar-refractivity contribution in [2.24, 2.45) is 0 Å². The van der Waals surface area contributed by atoms with Crippen molar-refractivity contribution in [3.05, 3.63) is 35.9 Å². The molecule has 164 valence electrons. The lowest BCUT2D eigenvalue weighted by atomic mass is 9.93. The van der Waals surface area contributed by atoms with Crippen LogP contribution in [0.25, 0.3) is 0 Å². The Morgan fingerprint density at radius 2 is 1.90 bits per heavy atom. The molecule has 1 unspecified atom stereocenters. The van der Waals surface area contributed by atoms with Crippen molar-refractivity contribution in [3.63, 3.8) is 0 Å². The lowest BCUT2D eigenvalue weighted by molar-refractivity contribution is -0.145. The zero-order chi connectivity index (χ0) is 22.5. The van der Waals surface area contributed by atoms with Crippen LogP contribution in [0, 0.1) is 0 Å². The van der Waals surface area contributed by atoms with Crippen LogP contribution < -0.4 is 0 Å². The van der Waals surface area contributed by atoms with Crippen molar-refractivity contribution in [3.8, 4) is 0 Å². The smallest absolute Gasteiger partial charge is 0.308 e. The van der Waals surface area contributed by atoms with Gasteiger partial charge in [0.1, 0.15) is 5.72 Å². The van der Waals surface area contributed by atoms with E-state index in [1.165, 1.54) is 4.90 Å². The van der Waals surface area contributed by atoms with E-state index in [1.807, 2.05) is 30.3 Å². The van der Waals surface area contributed by atoms with E-state index in [0.29, 0.717) is 6.42 Å². The molecule has 1 amide bonds. The Bertz CT molecular complexity index is 844. The maximum atomic E-state index is 12.2. The fraction of sp³-hybridized carbons (Fsp3) is 0.600. The van der Waals surface area contributed by atoms with Crippen LogP contribution in [0.5, 0.6) is 0 Å². The van der Waals surface area contributed by atoms with Crippen LogP contribution in [-0.2, 0) is 35.0 Å². The highest BCUT2D eigenvalue weighted by Crippen LogP contribution is 2.36. The summed E-state index contributed by atoms with van der Waals surface area (Å²) in [7, 11) is 1.81. The van der Waals surface area contributed by atoms with E-state index in [1.54, 1.807) is 20.8 Å². The van der Waals surface area contributed by atoms with E-state index in [-0.39, 0.29) is 19.4 Å². The molecule has 1 aromatic carbocycles. The molecule has 0 aliphatic carbocycles. The highest BCUT2D eigenvalue weighted by molar-refractivity contribution is 7.86. The van der Waals surface area contributed by atoms with Crippen LogP contribution >= 0.6 is 0 Å². The predicted octanol–water partition coefficient (Wildman–Crippen LogP) is 2.01. The van der Waals surface area contributed by atoms with Gasteiger partial charge in [-0.25, -0.2) is 0 Å². The van der Waals surface area contributed by atoms with Gasteiger partial charge in [-0.1, -0.05) is 30.3 Å². The summed E-state index contributed by atoms with van der Waals surface area (Å²) in [6.07, 6.45) is -0.420. The molecule has 2 radical (unpaired) electrons. The van der Waals surface area contributed by atoms with Crippen molar-refractivity contribution in [1.82, 2.24) is 4.90 Å². The van der Waals surface area contributed by atoms with Crippen LogP contribution in [0.3, 0.4) is 0 Å². The molecule has 30 heavy (non-hydrogen) atoms. The highest BCUT2D eigenvalue weighted by Gasteiger charge is 2.49. The maximum Gasteiger partial charge on any atom is 0.308 e. The molecule has 1 aliphatic heterocycles. The average molecular weight is 437 g/mol. The number of benzene rings is 1. The molecule has 3 atom stereocenters. The van der Waals surface area contributed by atoms with E-state index in [0.717, 1.165) is 11.8 Å². The van der Waals surface area contributed by atoms with Gasteiger partial charge in [-0.2, -0.15) is 8.42 Å². The van der Waals surface area contributed by atoms with Crippen molar-refractivity contribution in [1.29, 1.82) is 0 Å². The maximum absolute atomic E-state index is 12.2. The van der Waals surface area contributed by atoms with E-state index in [9.17, 15) is 18.0 Å². The minimum Gasteiger partial charge on any atom is -0.466 e. The third kappa shape index (κ3) is 6.82. The standard InChI is InChI=1S/C20H28BNO7S/c1-5-27-18(23)13-15(29-30(4,25)26)12-17-16(11-14-9-7-6-8-10-14)22(19(21)24)20(2,3)28-17/h6-10,15-17H,5,11-13H2,1-4H3/t15?,16-,17+/m0/s1. The monoisotopic (exact) mass is 437 g/mol. The molecular formula is C20H28BNO7S. The van der Waals surface area contributed by atoms with Crippen LogP contribution in [0.4, 0.5) is 4.79 Å². The second-order valence-electron chi connectivity index (χ2n) is 7.74. The zero-order valence-corrected chi connectivity index (χ0v) is 18.6. The molecule has 10 heteroatoms. The number of ether oxygens (including phenoxy) is 2. The summed E-state index contributed by atoms with van der Waals surface area (Å²) in [4.78, 5) is 25.6. The number of nitrogens with zero attached hydrogens (tertiary/aromatic N) is 1. The molecule has 0 aromatic heterocycles. The molecule has 0 N–H and O–H groups in total. The molecular weight excluding hydrogens is 409 g/mol. The topological polar surface area (TPSA) is 99.2 Å². The first-order chi connectivity index (χ1) is 13.9. The molecule has 1 saturated heterocycles. The summed E-state index contributed by atoms with van der Waals surface area (Å²) in [6, 6.07) is 9.03. The van der Waals surface area contributed by atoms with Gasteiger partial charge in [0, 0.05) is 6.42 Å². The molecule has 1 heterocycles. The average Bonchev–Trinajstić information content (AvgIpc) is 2.84. The van der Waals surface area contributed by atoms with E-state index in [4.69, 9.17) is 21.5 Å². The molecule has 1 aromatic rings. The third-order valence-electron chi connectivity index (χ3n) is 4.81. The lowest BCUT2D eigenvalue weighted by Crippen LogP contribution is -2.49. The summed E-state index contributed by atoms with van der Waals surface area (Å²) in [5, 5.41) is 0. The van der Waals surface area contributed by atoms with Crippen molar-refractivity contribution >= 4 is 29.7 Å². The van der Waals surface area contributed by atoms with Gasteiger partial charge in [0.25, 0.3) is 10.1 Å². The summed E-state index contributed by atoms with van der Waals surface area (Å²) < 4.78 is 39.6. The van der Waals surface area contributed by atoms with Gasteiger partial charge < -0.3 is 14.4 Å². The fourth-order valence-corrected chi connectivity index (χ4v) is 4.49. The number of carbonyl (C=O) groups excluding carboxylic acids is 2. The minimum absolute atomic E-state index is 0.0661. The zero-order valence-electron chi connectivity index (χ0n) is 17.7. The molecule has 0 spiro atoms. The van der Waals surface area contributed by atoms with Gasteiger partial charge in [0.2, 0.25) is 7.85 Å².